The topological polar surface area (TPSA) is 116 Å². The molecule has 2 aromatic carbocycles. The van der Waals surface area contributed by atoms with E-state index in [0.29, 0.717) is 27.0 Å². The van der Waals surface area contributed by atoms with Crippen LogP contribution in [0.15, 0.2) is 41.2 Å². The van der Waals surface area contributed by atoms with Crippen molar-refractivity contribution in [1.82, 2.24) is 0 Å². The maximum absolute atomic E-state index is 12.9. The summed E-state index contributed by atoms with van der Waals surface area (Å²) in [6.45, 7) is -1.19. The molecule has 7 nitrogen and oxygen atoms in total. The fourth-order valence-electron chi connectivity index (χ4n) is 2.52. The minimum Gasteiger partial charge on any atom is -0.491 e. The molecule has 0 radical (unpaired) electrons. The molecule has 0 saturated carbocycles. The first-order chi connectivity index (χ1) is 13.0. The van der Waals surface area contributed by atoms with Gasteiger partial charge in [-0.05, 0) is 18.2 Å². The van der Waals surface area contributed by atoms with Gasteiger partial charge in [-0.3, -0.25) is 4.79 Å². The van der Waals surface area contributed by atoms with Crippen molar-refractivity contribution in [2.75, 3.05) is 26.4 Å². The van der Waals surface area contributed by atoms with Gasteiger partial charge in [0.15, 0.2) is 5.43 Å². The average Bonchev–Trinajstić information content (AvgIpc) is 2.70. The first-order valence-electron chi connectivity index (χ1n) is 8.36. The van der Waals surface area contributed by atoms with E-state index in [-0.39, 0.29) is 18.6 Å². The molecule has 144 valence electrons. The Morgan fingerprint density at radius 2 is 1.59 bits per heavy atom. The number of aliphatic hydroxyl groups excluding tert-OH is 4. The monoisotopic (exact) mass is 392 g/mol. The Balaban J connectivity index is 2.10. The van der Waals surface area contributed by atoms with E-state index in [4.69, 9.17) is 19.7 Å². The van der Waals surface area contributed by atoms with E-state index >= 15 is 0 Å². The van der Waals surface area contributed by atoms with Gasteiger partial charge in [-0.25, -0.2) is 0 Å². The summed E-state index contributed by atoms with van der Waals surface area (Å²) in [4.78, 5) is 12.9. The highest BCUT2D eigenvalue weighted by Gasteiger charge is 2.15. The van der Waals surface area contributed by atoms with Crippen LogP contribution in [0, 0.1) is 0 Å². The Hall–Kier alpha value is -2.23. The van der Waals surface area contributed by atoms with Crippen LogP contribution in [0.25, 0.3) is 20.2 Å². The third kappa shape index (κ3) is 4.37. The van der Waals surface area contributed by atoms with Crippen LogP contribution in [0.5, 0.6) is 11.5 Å². The Bertz CT molecular complexity index is 985. The van der Waals surface area contributed by atoms with Crippen molar-refractivity contribution in [3.63, 3.8) is 0 Å². The summed E-state index contributed by atoms with van der Waals surface area (Å²) < 4.78 is 12.5. The average molecular weight is 392 g/mol. The molecule has 1 heterocycles. The summed E-state index contributed by atoms with van der Waals surface area (Å²) >= 11 is 1.37. The Kier molecular flexibility index (Phi) is 6.25. The molecule has 4 N–H and O–H groups in total. The zero-order valence-electron chi connectivity index (χ0n) is 14.4. The van der Waals surface area contributed by atoms with Crippen molar-refractivity contribution >= 4 is 31.5 Å². The van der Waals surface area contributed by atoms with Crippen molar-refractivity contribution in [2.24, 2.45) is 0 Å². The number of benzene rings is 2. The Labute approximate surface area is 158 Å². The van der Waals surface area contributed by atoms with Crippen molar-refractivity contribution < 1.29 is 29.9 Å². The molecule has 0 bridgehead atoms. The Morgan fingerprint density at radius 1 is 0.926 bits per heavy atom. The lowest BCUT2D eigenvalue weighted by Gasteiger charge is -2.15. The number of hydrogen-bond donors (Lipinski definition) is 4. The number of fused-ring (bicyclic) bond motifs is 2. The molecule has 3 rings (SSSR count). The van der Waals surface area contributed by atoms with Crippen LogP contribution in [-0.2, 0) is 0 Å². The fraction of sp³-hybridized carbons (Fsp3) is 0.316. The van der Waals surface area contributed by atoms with Crippen LogP contribution >= 0.6 is 11.3 Å². The third-order valence-corrected chi connectivity index (χ3v) is 5.11. The van der Waals surface area contributed by atoms with Gasteiger partial charge in [0.25, 0.3) is 0 Å². The molecule has 2 unspecified atom stereocenters. The lowest BCUT2D eigenvalue weighted by molar-refractivity contribution is 0.0516. The quantitative estimate of drug-likeness (QED) is 0.421. The number of hydrogen-bond acceptors (Lipinski definition) is 8. The molecule has 27 heavy (non-hydrogen) atoms. The predicted molar refractivity (Wildman–Crippen MR) is 103 cm³/mol. The second-order valence-corrected chi connectivity index (χ2v) is 7.07. The molecule has 1 aromatic heterocycles. The van der Waals surface area contributed by atoms with Crippen LogP contribution in [0.1, 0.15) is 0 Å². The van der Waals surface area contributed by atoms with E-state index in [1.807, 2.05) is 12.1 Å². The van der Waals surface area contributed by atoms with Gasteiger partial charge in [0, 0.05) is 21.5 Å². The van der Waals surface area contributed by atoms with Gasteiger partial charge < -0.3 is 29.9 Å². The zero-order valence-corrected chi connectivity index (χ0v) is 15.2. The number of ether oxygens (including phenoxy) is 2. The summed E-state index contributed by atoms with van der Waals surface area (Å²) in [5, 5.41) is 37.9. The molecule has 2 atom stereocenters. The standard InChI is InChI=1S/C19H20O7S/c20-7-11(22)9-25-13-5-15-18(24)14-3-1-2-4-17(14)27-19(15)16(6-13)26-10-12(23)8-21/h1-6,11-12,20-23H,7-10H2. The van der Waals surface area contributed by atoms with Crippen molar-refractivity contribution in [3.8, 4) is 11.5 Å². The lowest BCUT2D eigenvalue weighted by atomic mass is 10.1. The molecule has 8 heteroatoms. The maximum Gasteiger partial charge on any atom is 0.196 e. The van der Waals surface area contributed by atoms with Gasteiger partial charge >= 0.3 is 0 Å². The zero-order chi connectivity index (χ0) is 19.4. The van der Waals surface area contributed by atoms with Gasteiger partial charge in [-0.1, -0.05) is 12.1 Å². The number of aliphatic hydroxyl groups is 4. The van der Waals surface area contributed by atoms with Crippen LogP contribution in [0.3, 0.4) is 0 Å². The summed E-state index contributed by atoms with van der Waals surface area (Å²) in [5.41, 5.74) is -0.180. The molecule has 0 aliphatic rings. The molecule has 0 saturated heterocycles. The summed E-state index contributed by atoms with van der Waals surface area (Å²) in [6.07, 6.45) is -2.11. The third-order valence-electron chi connectivity index (χ3n) is 3.91. The van der Waals surface area contributed by atoms with E-state index < -0.39 is 25.4 Å². The van der Waals surface area contributed by atoms with Gasteiger partial charge in [0.2, 0.25) is 0 Å². The molecule has 0 aliphatic heterocycles. The van der Waals surface area contributed by atoms with Crippen LogP contribution in [0.2, 0.25) is 0 Å². The van der Waals surface area contributed by atoms with Crippen molar-refractivity contribution in [2.45, 2.75) is 12.2 Å². The first kappa shape index (κ1) is 19.5. The van der Waals surface area contributed by atoms with Gasteiger partial charge in [-0.2, -0.15) is 0 Å². The molecule has 0 fully saturated rings. The molecular weight excluding hydrogens is 372 g/mol. The maximum atomic E-state index is 12.9. The van der Waals surface area contributed by atoms with E-state index in [2.05, 4.69) is 0 Å². The van der Waals surface area contributed by atoms with Gasteiger partial charge in [-0.15, -0.1) is 11.3 Å². The second-order valence-electron chi connectivity index (χ2n) is 6.02. The number of rotatable bonds is 8. The highest BCUT2D eigenvalue weighted by Crippen LogP contribution is 2.35. The van der Waals surface area contributed by atoms with Gasteiger partial charge in [0.1, 0.15) is 36.9 Å². The molecular formula is C19H20O7S. The van der Waals surface area contributed by atoms with E-state index in [1.165, 1.54) is 11.3 Å². The summed E-state index contributed by atoms with van der Waals surface area (Å²) in [6, 6.07) is 10.3. The summed E-state index contributed by atoms with van der Waals surface area (Å²) in [5.74, 6) is 0.629. The molecule has 0 amide bonds. The normalized spacial score (nSPS) is 13.6. The second kappa shape index (κ2) is 8.64. The smallest absolute Gasteiger partial charge is 0.196 e. The van der Waals surface area contributed by atoms with E-state index in [9.17, 15) is 15.0 Å². The van der Waals surface area contributed by atoms with E-state index in [1.54, 1.807) is 24.3 Å². The summed E-state index contributed by atoms with van der Waals surface area (Å²) in [7, 11) is 0. The van der Waals surface area contributed by atoms with Crippen molar-refractivity contribution in [1.29, 1.82) is 0 Å². The fourth-order valence-corrected chi connectivity index (χ4v) is 3.64. The highest BCUT2D eigenvalue weighted by molar-refractivity contribution is 7.24. The largest absolute Gasteiger partial charge is 0.491 e. The van der Waals surface area contributed by atoms with Crippen LogP contribution < -0.4 is 14.9 Å². The minimum absolute atomic E-state index is 0.147. The Morgan fingerprint density at radius 3 is 2.30 bits per heavy atom. The van der Waals surface area contributed by atoms with Crippen LogP contribution in [0.4, 0.5) is 0 Å². The van der Waals surface area contributed by atoms with Crippen molar-refractivity contribution in [3.05, 3.63) is 46.6 Å². The highest BCUT2D eigenvalue weighted by atomic mass is 32.1. The molecule has 0 aliphatic carbocycles. The van der Waals surface area contributed by atoms with Crippen LogP contribution in [-0.4, -0.2) is 59.1 Å². The SMILES string of the molecule is O=c1c2ccccc2sc2c(OCC(O)CO)cc(OCC(O)CO)cc12. The molecule has 0 spiro atoms. The minimum atomic E-state index is -1.06. The van der Waals surface area contributed by atoms with Gasteiger partial charge in [0.05, 0.1) is 17.9 Å². The van der Waals surface area contributed by atoms with E-state index in [0.717, 1.165) is 4.70 Å². The lowest BCUT2D eigenvalue weighted by Crippen LogP contribution is -2.22. The predicted octanol–water partition coefficient (Wildman–Crippen LogP) is 0.879. The molecule has 3 aromatic rings. The first-order valence-corrected chi connectivity index (χ1v) is 9.18.